The molecule has 0 amide bonds. The summed E-state index contributed by atoms with van der Waals surface area (Å²) in [7, 11) is 0. The molecule has 2 nitrogen and oxygen atoms in total. The molecule has 0 aliphatic heterocycles. The van der Waals surface area contributed by atoms with Crippen LogP contribution in [0.5, 0.6) is 0 Å². The molecule has 1 aromatic carbocycles. The monoisotopic (exact) mass is 317 g/mol. The second-order valence-corrected chi connectivity index (χ2v) is 5.83. The maximum absolute atomic E-state index is 13.7. The fourth-order valence-electron chi connectivity index (χ4n) is 1.82. The second kappa shape index (κ2) is 7.22. The highest BCUT2D eigenvalue weighted by Crippen LogP contribution is 2.21. The van der Waals surface area contributed by atoms with Gasteiger partial charge in [-0.05, 0) is 50.6 Å². The third kappa shape index (κ3) is 5.46. The van der Waals surface area contributed by atoms with Crippen molar-refractivity contribution in [2.24, 2.45) is 0 Å². The first-order valence-corrected chi connectivity index (χ1v) is 7.11. The highest BCUT2D eigenvalue weighted by molar-refractivity contribution is 9.10. The average molecular weight is 318 g/mol. The van der Waals surface area contributed by atoms with Gasteiger partial charge in [-0.1, -0.05) is 28.9 Å². The van der Waals surface area contributed by atoms with Crippen molar-refractivity contribution in [1.29, 1.82) is 0 Å². The molecule has 2 N–H and O–H groups in total. The zero-order valence-corrected chi connectivity index (χ0v) is 12.6. The van der Waals surface area contributed by atoms with Gasteiger partial charge in [-0.25, -0.2) is 4.39 Å². The van der Waals surface area contributed by atoms with Gasteiger partial charge in [0.1, 0.15) is 5.82 Å². The van der Waals surface area contributed by atoms with E-state index in [2.05, 4.69) is 28.2 Å². The zero-order valence-electron chi connectivity index (χ0n) is 11.0. The summed E-state index contributed by atoms with van der Waals surface area (Å²) in [6.45, 7) is 5.55. The summed E-state index contributed by atoms with van der Waals surface area (Å²) in [5.41, 5.74) is -0.325. The van der Waals surface area contributed by atoms with Gasteiger partial charge in [0.15, 0.2) is 0 Å². The van der Waals surface area contributed by atoms with E-state index >= 15 is 0 Å². The molecule has 1 aromatic rings. The van der Waals surface area contributed by atoms with Crippen LogP contribution >= 0.6 is 15.9 Å². The molecule has 0 heterocycles. The molecule has 0 bridgehead atoms. The molecular formula is C14H21BrFNO. The van der Waals surface area contributed by atoms with Crippen LogP contribution in [0.1, 0.15) is 32.3 Å². The Morgan fingerprint density at radius 2 is 2.11 bits per heavy atom. The van der Waals surface area contributed by atoms with Crippen LogP contribution in [-0.4, -0.2) is 23.8 Å². The topological polar surface area (TPSA) is 32.3 Å². The van der Waals surface area contributed by atoms with Crippen LogP contribution in [0.25, 0.3) is 0 Å². The summed E-state index contributed by atoms with van der Waals surface area (Å²) in [4.78, 5) is 0. The summed E-state index contributed by atoms with van der Waals surface area (Å²) >= 11 is 3.22. The van der Waals surface area contributed by atoms with E-state index in [1.807, 2.05) is 0 Å². The standard InChI is InChI=1S/C14H21BrFNO/c1-3-7-17-8-6-14(2,18)10-11-4-5-12(15)9-13(11)16/h4-5,9,17-18H,3,6-8,10H2,1-2H3. The lowest BCUT2D eigenvalue weighted by Gasteiger charge is -2.24. The van der Waals surface area contributed by atoms with Crippen LogP contribution in [0.15, 0.2) is 22.7 Å². The van der Waals surface area contributed by atoms with Gasteiger partial charge in [-0.15, -0.1) is 0 Å². The van der Waals surface area contributed by atoms with Gasteiger partial charge < -0.3 is 10.4 Å². The Morgan fingerprint density at radius 3 is 2.72 bits per heavy atom. The van der Waals surface area contributed by atoms with Gasteiger partial charge in [0.25, 0.3) is 0 Å². The van der Waals surface area contributed by atoms with Crippen LogP contribution in [0.3, 0.4) is 0 Å². The second-order valence-electron chi connectivity index (χ2n) is 4.91. The van der Waals surface area contributed by atoms with E-state index in [1.54, 1.807) is 19.1 Å². The van der Waals surface area contributed by atoms with E-state index in [1.165, 1.54) is 6.07 Å². The van der Waals surface area contributed by atoms with Crippen LogP contribution < -0.4 is 5.32 Å². The van der Waals surface area contributed by atoms with E-state index in [0.29, 0.717) is 22.9 Å². The molecule has 0 aliphatic rings. The minimum atomic E-state index is -0.880. The molecule has 0 radical (unpaired) electrons. The molecule has 0 saturated heterocycles. The van der Waals surface area contributed by atoms with E-state index in [0.717, 1.165) is 19.5 Å². The van der Waals surface area contributed by atoms with Crippen molar-refractivity contribution in [2.75, 3.05) is 13.1 Å². The minimum Gasteiger partial charge on any atom is -0.390 e. The van der Waals surface area contributed by atoms with Crippen molar-refractivity contribution >= 4 is 15.9 Å². The molecule has 0 aliphatic carbocycles. The Kier molecular flexibility index (Phi) is 6.26. The highest BCUT2D eigenvalue weighted by Gasteiger charge is 2.22. The molecule has 1 atom stereocenters. The minimum absolute atomic E-state index is 0.272. The number of hydrogen-bond donors (Lipinski definition) is 2. The van der Waals surface area contributed by atoms with Crippen LogP contribution in [0, 0.1) is 5.82 Å². The van der Waals surface area contributed by atoms with Gasteiger partial charge in [0.2, 0.25) is 0 Å². The number of benzene rings is 1. The van der Waals surface area contributed by atoms with Crippen molar-refractivity contribution in [1.82, 2.24) is 5.32 Å². The Morgan fingerprint density at radius 1 is 1.39 bits per heavy atom. The summed E-state index contributed by atoms with van der Waals surface area (Å²) < 4.78 is 14.4. The Balaban J connectivity index is 2.53. The quantitative estimate of drug-likeness (QED) is 0.756. The maximum Gasteiger partial charge on any atom is 0.127 e. The van der Waals surface area contributed by atoms with Gasteiger partial charge >= 0.3 is 0 Å². The Bertz CT molecular complexity index is 382. The van der Waals surface area contributed by atoms with E-state index < -0.39 is 5.60 Å². The van der Waals surface area contributed by atoms with Crippen molar-refractivity contribution < 1.29 is 9.50 Å². The predicted octanol–water partition coefficient (Wildman–Crippen LogP) is 3.27. The first-order chi connectivity index (χ1) is 8.44. The SMILES string of the molecule is CCCNCCC(C)(O)Cc1ccc(Br)cc1F. The lowest BCUT2D eigenvalue weighted by molar-refractivity contribution is 0.0507. The van der Waals surface area contributed by atoms with Crippen LogP contribution in [-0.2, 0) is 6.42 Å². The van der Waals surface area contributed by atoms with Crippen molar-refractivity contribution in [3.05, 3.63) is 34.1 Å². The molecule has 102 valence electrons. The summed E-state index contributed by atoms with van der Waals surface area (Å²) in [6, 6.07) is 4.94. The molecule has 0 aromatic heterocycles. The van der Waals surface area contributed by atoms with Crippen molar-refractivity contribution in [2.45, 2.75) is 38.7 Å². The number of halogens is 2. The zero-order chi connectivity index (χ0) is 13.6. The number of nitrogens with one attached hydrogen (secondary N) is 1. The van der Waals surface area contributed by atoms with E-state index in [9.17, 15) is 9.50 Å². The van der Waals surface area contributed by atoms with Gasteiger partial charge in [-0.2, -0.15) is 0 Å². The third-order valence-electron chi connectivity index (χ3n) is 2.85. The number of rotatable bonds is 7. The summed E-state index contributed by atoms with van der Waals surface area (Å²) in [5.74, 6) is -0.272. The average Bonchev–Trinajstić information content (AvgIpc) is 2.28. The van der Waals surface area contributed by atoms with Crippen LogP contribution in [0.2, 0.25) is 0 Å². The Labute approximate surface area is 117 Å². The van der Waals surface area contributed by atoms with Crippen molar-refractivity contribution in [3.63, 3.8) is 0 Å². The molecule has 1 unspecified atom stereocenters. The van der Waals surface area contributed by atoms with Gasteiger partial charge in [0.05, 0.1) is 5.60 Å². The molecule has 1 rings (SSSR count). The molecular weight excluding hydrogens is 297 g/mol. The predicted molar refractivity (Wildman–Crippen MR) is 76.2 cm³/mol. The number of aliphatic hydroxyl groups is 1. The maximum atomic E-state index is 13.7. The fourth-order valence-corrected chi connectivity index (χ4v) is 2.16. The Hall–Kier alpha value is -0.450. The van der Waals surface area contributed by atoms with Gasteiger partial charge in [0, 0.05) is 10.9 Å². The smallest absolute Gasteiger partial charge is 0.127 e. The molecule has 0 spiro atoms. The molecule has 0 fully saturated rings. The lowest BCUT2D eigenvalue weighted by atomic mass is 9.93. The third-order valence-corrected chi connectivity index (χ3v) is 3.35. The molecule has 0 saturated carbocycles. The molecule has 18 heavy (non-hydrogen) atoms. The van der Waals surface area contributed by atoms with Crippen LogP contribution in [0.4, 0.5) is 4.39 Å². The first kappa shape index (κ1) is 15.6. The largest absolute Gasteiger partial charge is 0.390 e. The van der Waals surface area contributed by atoms with E-state index in [4.69, 9.17) is 0 Å². The summed E-state index contributed by atoms with van der Waals surface area (Å²) in [6.07, 6.45) is 2.02. The van der Waals surface area contributed by atoms with Gasteiger partial charge in [-0.3, -0.25) is 0 Å². The molecule has 4 heteroatoms. The number of hydrogen-bond acceptors (Lipinski definition) is 2. The lowest BCUT2D eigenvalue weighted by Crippen LogP contribution is -2.32. The van der Waals surface area contributed by atoms with E-state index in [-0.39, 0.29) is 5.82 Å². The highest BCUT2D eigenvalue weighted by atomic mass is 79.9. The van der Waals surface area contributed by atoms with Crippen molar-refractivity contribution in [3.8, 4) is 0 Å². The summed E-state index contributed by atoms with van der Waals surface area (Å²) in [5, 5.41) is 13.5. The first-order valence-electron chi connectivity index (χ1n) is 6.31. The normalized spacial score (nSPS) is 14.5. The fraction of sp³-hybridized carbons (Fsp3) is 0.571.